The molecule has 0 spiro atoms. The van der Waals surface area contributed by atoms with Crippen LogP contribution in [0.1, 0.15) is 10.4 Å². The van der Waals surface area contributed by atoms with E-state index < -0.39 is 10.7 Å². The van der Waals surface area contributed by atoms with Crippen LogP contribution >= 0.6 is 39.1 Å². The van der Waals surface area contributed by atoms with Gasteiger partial charge < -0.3 is 10.6 Å². The van der Waals surface area contributed by atoms with Crippen molar-refractivity contribution in [2.24, 2.45) is 0 Å². The number of halogens is 3. The largest absolute Gasteiger partial charge is 0.352 e. The first-order valence-corrected chi connectivity index (χ1v) is 6.77. The van der Waals surface area contributed by atoms with E-state index >= 15 is 0 Å². The summed E-state index contributed by atoms with van der Waals surface area (Å²) in [4.78, 5) is 21.6. The average molecular weight is 354 g/mol. The van der Waals surface area contributed by atoms with Gasteiger partial charge >= 0.3 is 0 Å². The lowest BCUT2D eigenvalue weighted by Crippen LogP contribution is -2.36. The highest BCUT2D eigenvalue weighted by molar-refractivity contribution is 9.10. The van der Waals surface area contributed by atoms with Crippen molar-refractivity contribution >= 4 is 50.9 Å². The van der Waals surface area contributed by atoms with Gasteiger partial charge in [-0.15, -0.1) is 0 Å². The van der Waals surface area contributed by atoms with Crippen LogP contribution < -0.4 is 10.6 Å². The molecule has 2 amide bonds. The molecule has 1 rings (SSSR count). The number of hydrogen-bond acceptors (Lipinski definition) is 2. The van der Waals surface area contributed by atoms with Gasteiger partial charge in [0.05, 0.1) is 0 Å². The summed E-state index contributed by atoms with van der Waals surface area (Å²) in [5.74, 6) is -0.686. The molecule has 0 heterocycles. The van der Waals surface area contributed by atoms with Crippen LogP contribution in [-0.4, -0.2) is 29.7 Å². The SMILES string of the molecule is O=C(NCCNC(=O)C(Cl)Cl)c1cccc(Br)c1. The summed E-state index contributed by atoms with van der Waals surface area (Å²) in [6, 6.07) is 7.01. The standard InChI is InChI=1S/C11H11BrCl2N2O2/c12-8-3-1-2-7(6-8)10(17)15-4-5-16-11(18)9(13)14/h1-3,6,9H,4-5H2,(H,15,17)(H,16,18). The molecule has 0 unspecified atom stereocenters. The molecule has 0 aromatic heterocycles. The first kappa shape index (κ1) is 15.3. The fourth-order valence-corrected chi connectivity index (χ4v) is 1.72. The van der Waals surface area contributed by atoms with E-state index in [1.165, 1.54) is 0 Å². The van der Waals surface area contributed by atoms with Gasteiger partial charge in [0.2, 0.25) is 0 Å². The highest BCUT2D eigenvalue weighted by Gasteiger charge is 2.10. The van der Waals surface area contributed by atoms with Crippen molar-refractivity contribution in [3.8, 4) is 0 Å². The molecule has 18 heavy (non-hydrogen) atoms. The van der Waals surface area contributed by atoms with E-state index in [1.807, 2.05) is 6.07 Å². The monoisotopic (exact) mass is 352 g/mol. The van der Waals surface area contributed by atoms with Crippen molar-refractivity contribution in [3.63, 3.8) is 0 Å². The van der Waals surface area contributed by atoms with Crippen LogP contribution in [0.5, 0.6) is 0 Å². The molecule has 0 saturated carbocycles. The number of carbonyl (C=O) groups is 2. The van der Waals surface area contributed by atoms with Crippen molar-refractivity contribution in [2.75, 3.05) is 13.1 Å². The van der Waals surface area contributed by atoms with Crippen LogP contribution in [0.25, 0.3) is 0 Å². The van der Waals surface area contributed by atoms with E-state index in [-0.39, 0.29) is 12.5 Å². The highest BCUT2D eigenvalue weighted by atomic mass is 79.9. The number of nitrogens with one attached hydrogen (secondary N) is 2. The predicted molar refractivity (Wildman–Crippen MR) is 75.0 cm³/mol. The van der Waals surface area contributed by atoms with Gasteiger partial charge in [0, 0.05) is 23.1 Å². The number of alkyl halides is 2. The van der Waals surface area contributed by atoms with Gasteiger partial charge in [-0.1, -0.05) is 45.2 Å². The average Bonchev–Trinajstić information content (AvgIpc) is 2.33. The minimum absolute atomic E-state index is 0.209. The summed E-state index contributed by atoms with van der Waals surface area (Å²) in [5.41, 5.74) is 0.545. The summed E-state index contributed by atoms with van der Waals surface area (Å²) in [6.45, 7) is 0.575. The molecule has 0 aliphatic carbocycles. The van der Waals surface area contributed by atoms with Gasteiger partial charge in [0.25, 0.3) is 11.8 Å². The third kappa shape index (κ3) is 5.25. The predicted octanol–water partition coefficient (Wildman–Crippen LogP) is 2.10. The van der Waals surface area contributed by atoms with Gasteiger partial charge in [0.15, 0.2) is 4.84 Å². The number of carbonyl (C=O) groups excluding carboxylic acids is 2. The minimum Gasteiger partial charge on any atom is -0.352 e. The molecule has 2 N–H and O–H groups in total. The van der Waals surface area contributed by atoms with Crippen LogP contribution in [-0.2, 0) is 4.79 Å². The number of rotatable bonds is 5. The fraction of sp³-hybridized carbons (Fsp3) is 0.273. The quantitative estimate of drug-likeness (QED) is 0.629. The fourth-order valence-electron chi connectivity index (χ4n) is 1.17. The third-order valence-electron chi connectivity index (χ3n) is 1.99. The van der Waals surface area contributed by atoms with Gasteiger partial charge in [-0.25, -0.2) is 0 Å². The Morgan fingerprint density at radius 1 is 1.22 bits per heavy atom. The zero-order valence-electron chi connectivity index (χ0n) is 9.25. The second-order valence-electron chi connectivity index (χ2n) is 3.36. The van der Waals surface area contributed by atoms with Gasteiger partial charge in [-0.2, -0.15) is 0 Å². The van der Waals surface area contributed by atoms with Crippen molar-refractivity contribution < 1.29 is 9.59 Å². The Morgan fingerprint density at radius 2 is 1.89 bits per heavy atom. The summed E-state index contributed by atoms with van der Waals surface area (Å²) >= 11 is 14.0. The van der Waals surface area contributed by atoms with E-state index in [0.717, 1.165) is 4.47 Å². The molecule has 98 valence electrons. The van der Waals surface area contributed by atoms with Crippen LogP contribution in [0, 0.1) is 0 Å². The normalized spacial score (nSPS) is 10.2. The maximum absolute atomic E-state index is 11.7. The molecule has 7 heteroatoms. The molecule has 0 bridgehead atoms. The molecule has 1 aromatic carbocycles. The molecular weight excluding hydrogens is 343 g/mol. The lowest BCUT2D eigenvalue weighted by Gasteiger charge is -2.07. The van der Waals surface area contributed by atoms with E-state index in [0.29, 0.717) is 12.1 Å². The van der Waals surface area contributed by atoms with Crippen LogP contribution in [0.15, 0.2) is 28.7 Å². The first-order chi connectivity index (χ1) is 8.50. The summed E-state index contributed by atoms with van der Waals surface area (Å²) in [5, 5.41) is 5.13. The van der Waals surface area contributed by atoms with E-state index in [9.17, 15) is 9.59 Å². The zero-order valence-corrected chi connectivity index (χ0v) is 12.3. The van der Waals surface area contributed by atoms with Crippen molar-refractivity contribution in [1.29, 1.82) is 0 Å². The maximum atomic E-state index is 11.7. The molecule has 0 atom stereocenters. The molecule has 0 aliphatic heterocycles. The van der Waals surface area contributed by atoms with Crippen molar-refractivity contribution in [3.05, 3.63) is 34.3 Å². The number of hydrogen-bond donors (Lipinski definition) is 2. The summed E-state index contributed by atoms with van der Waals surface area (Å²) in [7, 11) is 0. The van der Waals surface area contributed by atoms with Gasteiger partial charge in [-0.05, 0) is 18.2 Å². The van der Waals surface area contributed by atoms with Crippen molar-refractivity contribution in [2.45, 2.75) is 4.84 Å². The lowest BCUT2D eigenvalue weighted by atomic mass is 10.2. The van der Waals surface area contributed by atoms with Gasteiger partial charge in [-0.3, -0.25) is 9.59 Å². The highest BCUT2D eigenvalue weighted by Crippen LogP contribution is 2.11. The zero-order chi connectivity index (χ0) is 13.5. The van der Waals surface area contributed by atoms with Crippen LogP contribution in [0.4, 0.5) is 0 Å². The second kappa shape index (κ2) is 7.61. The number of amides is 2. The lowest BCUT2D eigenvalue weighted by molar-refractivity contribution is -0.119. The van der Waals surface area contributed by atoms with Crippen LogP contribution in [0.3, 0.4) is 0 Å². The Hall–Kier alpha value is -0.780. The molecule has 0 fully saturated rings. The molecule has 0 radical (unpaired) electrons. The minimum atomic E-state index is -1.09. The maximum Gasteiger partial charge on any atom is 0.253 e. The van der Waals surface area contributed by atoms with E-state index in [4.69, 9.17) is 23.2 Å². The first-order valence-electron chi connectivity index (χ1n) is 5.10. The van der Waals surface area contributed by atoms with Gasteiger partial charge in [0.1, 0.15) is 0 Å². The Bertz CT molecular complexity index is 441. The topological polar surface area (TPSA) is 58.2 Å². The Kier molecular flexibility index (Phi) is 6.46. The second-order valence-corrected chi connectivity index (χ2v) is 5.37. The smallest absolute Gasteiger partial charge is 0.253 e. The Balaban J connectivity index is 2.32. The van der Waals surface area contributed by atoms with Crippen molar-refractivity contribution in [1.82, 2.24) is 10.6 Å². The van der Waals surface area contributed by atoms with E-state index in [1.54, 1.807) is 18.2 Å². The number of benzene rings is 1. The van der Waals surface area contributed by atoms with Crippen LogP contribution in [0.2, 0.25) is 0 Å². The molecular formula is C11H11BrCl2N2O2. The molecule has 1 aromatic rings. The Morgan fingerprint density at radius 3 is 2.50 bits per heavy atom. The Labute approximate surface area is 123 Å². The molecule has 4 nitrogen and oxygen atoms in total. The molecule has 0 saturated heterocycles. The third-order valence-corrected chi connectivity index (χ3v) is 2.88. The molecule has 0 aliphatic rings. The summed E-state index contributed by atoms with van der Waals surface area (Å²) < 4.78 is 0.829. The summed E-state index contributed by atoms with van der Waals surface area (Å²) in [6.07, 6.45) is 0. The van der Waals surface area contributed by atoms with E-state index in [2.05, 4.69) is 26.6 Å².